The fourth-order valence-corrected chi connectivity index (χ4v) is 3.47. The van der Waals surface area contributed by atoms with E-state index in [1.807, 2.05) is 19.1 Å². The second-order valence-electron chi connectivity index (χ2n) is 7.35. The fourth-order valence-electron chi connectivity index (χ4n) is 3.47. The maximum atomic E-state index is 11.9. The van der Waals surface area contributed by atoms with Gasteiger partial charge in [0, 0.05) is 0 Å². The Balaban J connectivity index is 1.81. The zero-order chi connectivity index (χ0) is 18.8. The maximum absolute atomic E-state index is 11.9. The molecule has 1 aliphatic rings. The SMILES string of the molecule is CCCCCCCCCCC=Cc1cc(C)ccc1C1CC(=O)OC1=O. The van der Waals surface area contributed by atoms with Gasteiger partial charge in [-0.1, -0.05) is 87.8 Å². The van der Waals surface area contributed by atoms with E-state index in [-0.39, 0.29) is 6.42 Å². The van der Waals surface area contributed by atoms with Crippen molar-refractivity contribution in [3.8, 4) is 0 Å². The van der Waals surface area contributed by atoms with Crippen molar-refractivity contribution in [3.63, 3.8) is 0 Å². The van der Waals surface area contributed by atoms with Crippen molar-refractivity contribution in [2.24, 2.45) is 0 Å². The van der Waals surface area contributed by atoms with Crippen molar-refractivity contribution in [2.75, 3.05) is 0 Å². The number of unbranched alkanes of at least 4 members (excludes halogenated alkanes) is 8. The van der Waals surface area contributed by atoms with Gasteiger partial charge in [0.15, 0.2) is 0 Å². The Kier molecular flexibility index (Phi) is 8.60. The Bertz CT molecular complexity index is 630. The molecule has 0 bridgehead atoms. The summed E-state index contributed by atoms with van der Waals surface area (Å²) in [6, 6.07) is 6.02. The molecule has 1 fully saturated rings. The van der Waals surface area contributed by atoms with E-state index in [1.54, 1.807) is 0 Å². The standard InChI is InChI=1S/C23H32O3/c1-3-4-5-6-7-8-9-10-11-12-13-19-16-18(2)14-15-20(19)21-17-22(24)26-23(21)25/h12-16,21H,3-11,17H2,1-2H3. The van der Waals surface area contributed by atoms with Gasteiger partial charge in [0.2, 0.25) is 0 Å². The van der Waals surface area contributed by atoms with Gasteiger partial charge in [-0.15, -0.1) is 0 Å². The van der Waals surface area contributed by atoms with Crippen LogP contribution in [0.25, 0.3) is 6.08 Å². The first-order valence-electron chi connectivity index (χ1n) is 10.1. The first-order chi connectivity index (χ1) is 12.6. The lowest BCUT2D eigenvalue weighted by Crippen LogP contribution is -2.07. The molecule has 1 saturated heterocycles. The molecule has 1 aliphatic heterocycles. The number of benzene rings is 1. The molecule has 1 aromatic carbocycles. The van der Waals surface area contributed by atoms with Crippen LogP contribution in [0.1, 0.15) is 93.7 Å². The van der Waals surface area contributed by atoms with Crippen molar-refractivity contribution in [1.29, 1.82) is 0 Å². The normalized spacial score (nSPS) is 17.2. The lowest BCUT2D eigenvalue weighted by molar-refractivity contribution is -0.152. The maximum Gasteiger partial charge on any atom is 0.321 e. The van der Waals surface area contributed by atoms with Crippen LogP contribution in [-0.4, -0.2) is 11.9 Å². The number of hydrogen-bond acceptors (Lipinski definition) is 3. The van der Waals surface area contributed by atoms with E-state index in [9.17, 15) is 9.59 Å². The molecular formula is C23H32O3. The highest BCUT2D eigenvalue weighted by atomic mass is 16.6. The predicted octanol–water partition coefficient (Wildman–Crippen LogP) is 6.10. The lowest BCUT2D eigenvalue weighted by atomic mass is 9.91. The number of cyclic esters (lactones) is 2. The third kappa shape index (κ3) is 6.44. The summed E-state index contributed by atoms with van der Waals surface area (Å²) in [4.78, 5) is 23.3. The van der Waals surface area contributed by atoms with Crippen molar-refractivity contribution in [1.82, 2.24) is 0 Å². The average Bonchev–Trinajstić information content (AvgIpc) is 2.95. The summed E-state index contributed by atoms with van der Waals surface area (Å²) in [6.07, 6.45) is 16.1. The minimum atomic E-state index is -0.453. The van der Waals surface area contributed by atoms with Crippen LogP contribution in [0.4, 0.5) is 0 Å². The zero-order valence-corrected chi connectivity index (χ0v) is 16.3. The van der Waals surface area contributed by atoms with E-state index in [0.717, 1.165) is 23.1 Å². The van der Waals surface area contributed by atoms with Crippen LogP contribution in [0.15, 0.2) is 24.3 Å². The molecule has 0 saturated carbocycles. The van der Waals surface area contributed by atoms with Crippen LogP contribution < -0.4 is 0 Å². The van der Waals surface area contributed by atoms with Gasteiger partial charge in [-0.2, -0.15) is 0 Å². The van der Waals surface area contributed by atoms with Crippen LogP contribution in [0.5, 0.6) is 0 Å². The highest BCUT2D eigenvalue weighted by Crippen LogP contribution is 2.31. The molecule has 142 valence electrons. The highest BCUT2D eigenvalue weighted by molar-refractivity contribution is 5.98. The Morgan fingerprint density at radius 1 is 1.04 bits per heavy atom. The van der Waals surface area contributed by atoms with Gasteiger partial charge in [-0.05, 0) is 30.9 Å². The molecule has 0 radical (unpaired) electrons. The fraction of sp³-hybridized carbons (Fsp3) is 0.565. The van der Waals surface area contributed by atoms with Crippen LogP contribution >= 0.6 is 0 Å². The van der Waals surface area contributed by atoms with Crippen LogP contribution in [0.3, 0.4) is 0 Å². The monoisotopic (exact) mass is 356 g/mol. The molecule has 2 rings (SSSR count). The molecule has 1 aromatic rings. The Labute approximate surface area is 157 Å². The lowest BCUT2D eigenvalue weighted by Gasteiger charge is -2.10. The molecule has 0 aliphatic carbocycles. The Hall–Kier alpha value is -1.90. The second-order valence-corrected chi connectivity index (χ2v) is 7.35. The molecule has 0 spiro atoms. The number of hydrogen-bond donors (Lipinski definition) is 0. The molecule has 0 amide bonds. The summed E-state index contributed by atoms with van der Waals surface area (Å²) in [5.74, 6) is -1.29. The van der Waals surface area contributed by atoms with E-state index in [0.29, 0.717) is 0 Å². The average molecular weight is 357 g/mol. The topological polar surface area (TPSA) is 43.4 Å². The molecule has 1 heterocycles. The third-order valence-corrected chi connectivity index (χ3v) is 5.01. The number of esters is 2. The molecule has 0 N–H and O–H groups in total. The second kappa shape index (κ2) is 10.9. The third-order valence-electron chi connectivity index (χ3n) is 5.01. The molecule has 26 heavy (non-hydrogen) atoms. The summed E-state index contributed by atoms with van der Waals surface area (Å²) in [5.41, 5.74) is 3.08. The smallest absolute Gasteiger partial charge is 0.321 e. The number of rotatable bonds is 11. The van der Waals surface area contributed by atoms with Gasteiger partial charge in [-0.25, -0.2) is 0 Å². The van der Waals surface area contributed by atoms with Gasteiger partial charge >= 0.3 is 11.9 Å². The molecule has 3 nitrogen and oxygen atoms in total. The van der Waals surface area contributed by atoms with Gasteiger partial charge < -0.3 is 4.74 Å². The van der Waals surface area contributed by atoms with E-state index in [4.69, 9.17) is 4.74 Å². The van der Waals surface area contributed by atoms with Gasteiger partial charge in [0.25, 0.3) is 0 Å². The molecule has 3 heteroatoms. The number of carbonyl (C=O) groups is 2. The molecule has 1 atom stereocenters. The first-order valence-corrected chi connectivity index (χ1v) is 10.1. The van der Waals surface area contributed by atoms with Gasteiger partial charge in [-0.3, -0.25) is 9.59 Å². The van der Waals surface area contributed by atoms with Crippen molar-refractivity contribution >= 4 is 18.0 Å². The summed E-state index contributed by atoms with van der Waals surface area (Å²) >= 11 is 0. The number of ether oxygens (including phenoxy) is 1. The van der Waals surface area contributed by atoms with Crippen LogP contribution in [0.2, 0.25) is 0 Å². The van der Waals surface area contributed by atoms with E-state index < -0.39 is 17.9 Å². The summed E-state index contributed by atoms with van der Waals surface area (Å²) in [5, 5.41) is 0. The quantitative estimate of drug-likeness (QED) is 0.273. The minimum absolute atomic E-state index is 0.154. The van der Waals surface area contributed by atoms with Crippen LogP contribution in [-0.2, 0) is 14.3 Å². The number of aryl methyl sites for hydroxylation is 1. The zero-order valence-electron chi connectivity index (χ0n) is 16.3. The Morgan fingerprint density at radius 2 is 1.73 bits per heavy atom. The molecule has 0 aromatic heterocycles. The predicted molar refractivity (Wildman–Crippen MR) is 106 cm³/mol. The number of carbonyl (C=O) groups excluding carboxylic acids is 2. The van der Waals surface area contributed by atoms with E-state index in [1.165, 1.54) is 51.4 Å². The Morgan fingerprint density at radius 3 is 2.38 bits per heavy atom. The van der Waals surface area contributed by atoms with Crippen molar-refractivity contribution < 1.29 is 14.3 Å². The van der Waals surface area contributed by atoms with Gasteiger partial charge in [0.1, 0.15) is 0 Å². The van der Waals surface area contributed by atoms with Crippen LogP contribution in [0, 0.1) is 6.92 Å². The van der Waals surface area contributed by atoms with E-state index in [2.05, 4.69) is 25.1 Å². The summed E-state index contributed by atoms with van der Waals surface area (Å²) in [7, 11) is 0. The van der Waals surface area contributed by atoms with Gasteiger partial charge in [0.05, 0.1) is 12.3 Å². The summed E-state index contributed by atoms with van der Waals surface area (Å²) in [6.45, 7) is 4.29. The highest BCUT2D eigenvalue weighted by Gasteiger charge is 2.35. The molecule has 1 unspecified atom stereocenters. The largest absolute Gasteiger partial charge is 0.393 e. The van der Waals surface area contributed by atoms with Crippen molar-refractivity contribution in [2.45, 2.75) is 84.0 Å². The first kappa shape index (κ1) is 20.4. The molecular weight excluding hydrogens is 324 g/mol. The minimum Gasteiger partial charge on any atom is -0.393 e. The van der Waals surface area contributed by atoms with Crippen molar-refractivity contribution in [3.05, 3.63) is 41.0 Å². The number of allylic oxidation sites excluding steroid dienone is 1. The summed E-state index contributed by atoms with van der Waals surface area (Å²) < 4.78 is 4.72. The van der Waals surface area contributed by atoms with E-state index >= 15 is 0 Å².